The number of hydrogen-bond donors (Lipinski definition) is 1. The molecule has 8 heteroatoms. The summed E-state index contributed by atoms with van der Waals surface area (Å²) in [7, 11) is 0. The van der Waals surface area contributed by atoms with Crippen molar-refractivity contribution in [1.29, 1.82) is 0 Å². The van der Waals surface area contributed by atoms with Crippen LogP contribution in [0, 0.1) is 17.5 Å². The first-order chi connectivity index (χ1) is 14.5. The van der Waals surface area contributed by atoms with E-state index >= 15 is 0 Å². The number of pyridine rings is 1. The van der Waals surface area contributed by atoms with Gasteiger partial charge in [-0.15, -0.1) is 0 Å². The predicted molar refractivity (Wildman–Crippen MR) is 103 cm³/mol. The van der Waals surface area contributed by atoms with Crippen LogP contribution < -0.4 is 5.11 Å². The Morgan fingerprint density at radius 2 is 2.03 bits per heavy atom. The lowest BCUT2D eigenvalue weighted by Crippen LogP contribution is -2.74. The Bertz CT molecular complexity index is 990. The molecule has 2 aromatic rings. The topological polar surface area (TPSA) is 51.7 Å². The third kappa shape index (κ3) is 4.37. The highest BCUT2D eigenvalue weighted by Gasteiger charge is 2.31. The Hall–Kier alpha value is -3.16. The van der Waals surface area contributed by atoms with Crippen LogP contribution in [0.1, 0.15) is 43.1 Å². The van der Waals surface area contributed by atoms with E-state index in [-0.39, 0.29) is 12.1 Å². The molecule has 0 radical (unpaired) electrons. The first-order valence-corrected chi connectivity index (χ1v) is 9.83. The molecule has 1 aromatic heterocycles. The van der Waals surface area contributed by atoms with E-state index < -0.39 is 23.7 Å². The highest BCUT2D eigenvalue weighted by molar-refractivity contribution is 5.28. The zero-order chi connectivity index (χ0) is 21.1. The molecule has 3 atom stereocenters. The van der Waals surface area contributed by atoms with Gasteiger partial charge in [0, 0.05) is 18.2 Å². The van der Waals surface area contributed by atoms with Gasteiger partial charge in [0.1, 0.15) is 23.7 Å². The van der Waals surface area contributed by atoms with Gasteiger partial charge in [-0.2, -0.15) is 0 Å². The van der Waals surface area contributed by atoms with Crippen molar-refractivity contribution in [3.63, 3.8) is 0 Å². The van der Waals surface area contributed by atoms with Crippen LogP contribution in [-0.2, 0) is 4.74 Å². The SMILES string of the molecule is CC(N=[NH+]C1C=CC(N2CCC[C@@H]2c2cc(F)ccc2F)=CO1)c1ccc(F)cn1. The molecule has 0 bridgehead atoms. The molecule has 5 nitrogen and oxygen atoms in total. The van der Waals surface area contributed by atoms with E-state index in [4.69, 9.17) is 4.74 Å². The molecular formula is C22H22F3N4O+. The Morgan fingerprint density at radius 3 is 2.77 bits per heavy atom. The van der Waals surface area contributed by atoms with Gasteiger partial charge in [0.25, 0.3) is 0 Å². The van der Waals surface area contributed by atoms with Crippen LogP contribution in [0.25, 0.3) is 0 Å². The highest BCUT2D eigenvalue weighted by Crippen LogP contribution is 2.37. The van der Waals surface area contributed by atoms with E-state index in [1.165, 1.54) is 18.2 Å². The molecule has 0 aliphatic carbocycles. The minimum Gasteiger partial charge on any atom is -0.435 e. The fraction of sp³-hybridized carbons (Fsp3) is 0.318. The van der Waals surface area contributed by atoms with Gasteiger partial charge in [-0.1, -0.05) is 5.11 Å². The largest absolute Gasteiger partial charge is 0.435 e. The van der Waals surface area contributed by atoms with E-state index in [0.29, 0.717) is 11.3 Å². The molecule has 0 spiro atoms. The van der Waals surface area contributed by atoms with Gasteiger partial charge in [-0.05, 0) is 61.3 Å². The lowest BCUT2D eigenvalue weighted by Gasteiger charge is -2.29. The summed E-state index contributed by atoms with van der Waals surface area (Å²) in [4.78, 5) is 6.03. The van der Waals surface area contributed by atoms with Gasteiger partial charge >= 0.3 is 6.23 Å². The molecule has 0 amide bonds. The molecule has 2 aliphatic heterocycles. The second kappa shape index (κ2) is 8.69. The lowest BCUT2D eigenvalue weighted by molar-refractivity contribution is -0.606. The minimum absolute atomic E-state index is 0.237. The van der Waals surface area contributed by atoms with Gasteiger partial charge in [0.2, 0.25) is 0 Å². The molecule has 1 aromatic carbocycles. The molecule has 3 heterocycles. The monoisotopic (exact) mass is 415 g/mol. The van der Waals surface area contributed by atoms with Crippen molar-refractivity contribution in [2.45, 2.75) is 38.1 Å². The molecule has 2 aliphatic rings. The molecule has 1 fully saturated rings. The third-order valence-corrected chi connectivity index (χ3v) is 5.25. The smallest absolute Gasteiger partial charge is 0.338 e. The number of azo groups is 1. The molecule has 156 valence electrons. The van der Waals surface area contributed by atoms with Crippen LogP contribution in [0.3, 0.4) is 0 Å². The van der Waals surface area contributed by atoms with Gasteiger partial charge < -0.3 is 9.64 Å². The summed E-state index contributed by atoms with van der Waals surface area (Å²) in [5.41, 5.74) is 1.79. The first kappa shape index (κ1) is 20.1. The summed E-state index contributed by atoms with van der Waals surface area (Å²) in [5.74, 6) is -1.25. The van der Waals surface area contributed by atoms with Crippen molar-refractivity contribution >= 4 is 0 Å². The van der Waals surface area contributed by atoms with E-state index in [1.54, 1.807) is 18.4 Å². The Morgan fingerprint density at radius 1 is 1.20 bits per heavy atom. The maximum atomic E-state index is 14.3. The average Bonchev–Trinajstić information content (AvgIpc) is 3.24. The summed E-state index contributed by atoms with van der Waals surface area (Å²) in [5, 5.41) is 7.22. The maximum absolute atomic E-state index is 14.3. The lowest BCUT2D eigenvalue weighted by atomic mass is 10.0. The summed E-state index contributed by atoms with van der Waals surface area (Å²) >= 11 is 0. The summed E-state index contributed by atoms with van der Waals surface area (Å²) in [6.07, 6.45) is 7.60. The van der Waals surface area contributed by atoms with Crippen molar-refractivity contribution in [3.05, 3.63) is 89.3 Å². The van der Waals surface area contributed by atoms with E-state index in [1.807, 2.05) is 17.9 Å². The second-order valence-corrected chi connectivity index (χ2v) is 7.31. The standard InChI is InChI=1S/C22H21F3N4O/c1-14(20-8-5-16(24)12-26-20)27-28-22-9-6-17(13-30-22)29-10-2-3-21(29)18-11-15(23)4-7-19(18)25/h4-9,11-14,21-22H,2-3,10H2,1H3/p+1/t14?,21-,22?/m1/s1. The zero-order valence-electron chi connectivity index (χ0n) is 16.4. The fourth-order valence-corrected chi connectivity index (χ4v) is 3.71. The quantitative estimate of drug-likeness (QED) is 0.758. The number of allylic oxidation sites excluding steroid dienone is 1. The number of halogens is 3. The number of rotatable bonds is 5. The Balaban J connectivity index is 1.41. The number of nitrogens with zero attached hydrogens (tertiary/aromatic N) is 3. The van der Waals surface area contributed by atoms with E-state index in [2.05, 4.69) is 15.2 Å². The predicted octanol–water partition coefficient (Wildman–Crippen LogP) is 3.68. The van der Waals surface area contributed by atoms with Crippen LogP contribution in [0.2, 0.25) is 0 Å². The molecule has 0 saturated carbocycles. The number of ether oxygens (including phenoxy) is 1. The van der Waals surface area contributed by atoms with Crippen LogP contribution in [-0.4, -0.2) is 22.7 Å². The second-order valence-electron chi connectivity index (χ2n) is 7.31. The van der Waals surface area contributed by atoms with Gasteiger partial charge in [0.15, 0.2) is 6.04 Å². The number of hydrogen-bond acceptors (Lipinski definition) is 4. The molecule has 30 heavy (non-hydrogen) atoms. The van der Waals surface area contributed by atoms with Crippen LogP contribution in [0.15, 0.2) is 65.8 Å². The zero-order valence-corrected chi connectivity index (χ0v) is 16.4. The molecule has 1 saturated heterocycles. The van der Waals surface area contributed by atoms with Gasteiger partial charge in [-0.3, -0.25) is 4.98 Å². The highest BCUT2D eigenvalue weighted by atomic mass is 19.1. The number of likely N-dealkylation sites (tertiary alicyclic amines) is 1. The van der Waals surface area contributed by atoms with Gasteiger partial charge in [0.05, 0.1) is 23.6 Å². The molecule has 1 N–H and O–H groups in total. The van der Waals surface area contributed by atoms with Crippen LogP contribution >= 0.6 is 0 Å². The number of aromatic nitrogens is 1. The van der Waals surface area contributed by atoms with Crippen LogP contribution in [0.4, 0.5) is 13.2 Å². The maximum Gasteiger partial charge on any atom is 0.338 e. The Labute approximate surface area is 172 Å². The molecule has 2 unspecified atom stereocenters. The van der Waals surface area contributed by atoms with Gasteiger partial charge in [-0.25, -0.2) is 13.2 Å². The Kier molecular flexibility index (Phi) is 5.83. The summed E-state index contributed by atoms with van der Waals surface area (Å²) in [6.45, 7) is 2.57. The van der Waals surface area contributed by atoms with E-state index in [0.717, 1.165) is 37.3 Å². The van der Waals surface area contributed by atoms with Crippen molar-refractivity contribution in [1.82, 2.24) is 9.88 Å². The van der Waals surface area contributed by atoms with Crippen LogP contribution in [0.5, 0.6) is 0 Å². The van der Waals surface area contributed by atoms with Crippen molar-refractivity contribution in [3.8, 4) is 0 Å². The summed E-state index contributed by atoms with van der Waals surface area (Å²) in [6, 6.07) is 5.96. The average molecular weight is 415 g/mol. The van der Waals surface area contributed by atoms with Crippen molar-refractivity contribution < 1.29 is 23.0 Å². The number of benzene rings is 1. The fourth-order valence-electron chi connectivity index (χ4n) is 3.71. The summed E-state index contributed by atoms with van der Waals surface area (Å²) < 4.78 is 46.6. The van der Waals surface area contributed by atoms with E-state index in [9.17, 15) is 13.2 Å². The third-order valence-electron chi connectivity index (χ3n) is 5.25. The normalized spacial score (nSPS) is 22.3. The minimum atomic E-state index is -0.469. The first-order valence-electron chi connectivity index (χ1n) is 9.83. The van der Waals surface area contributed by atoms with Crippen molar-refractivity contribution in [2.75, 3.05) is 6.54 Å². The molecular weight excluding hydrogens is 393 g/mol. The molecule has 4 rings (SSSR count). The number of nitrogens with one attached hydrogen (secondary N) is 1. The van der Waals surface area contributed by atoms with Crippen molar-refractivity contribution in [2.24, 2.45) is 5.11 Å².